The first-order chi connectivity index (χ1) is 11.0. The number of hydrogen-bond donors (Lipinski definition) is 2. The van der Waals surface area contributed by atoms with Crippen molar-refractivity contribution < 1.29 is 9.90 Å². The fraction of sp³-hybridized carbons (Fsp3) is 0.611. The second kappa shape index (κ2) is 7.20. The summed E-state index contributed by atoms with van der Waals surface area (Å²) in [6.45, 7) is 3.62. The van der Waals surface area contributed by atoms with E-state index in [0.717, 1.165) is 49.9 Å². The van der Waals surface area contributed by atoms with Crippen LogP contribution in [0.2, 0.25) is 5.02 Å². The number of benzene rings is 1. The maximum absolute atomic E-state index is 12.4. The van der Waals surface area contributed by atoms with Crippen molar-refractivity contribution in [2.24, 2.45) is 0 Å². The lowest BCUT2D eigenvalue weighted by molar-refractivity contribution is -0.121. The first-order valence-electron chi connectivity index (χ1n) is 8.50. The molecule has 2 fully saturated rings. The van der Waals surface area contributed by atoms with Gasteiger partial charge in [-0.2, -0.15) is 0 Å². The summed E-state index contributed by atoms with van der Waals surface area (Å²) < 4.78 is 0. The molecule has 5 heteroatoms. The number of aryl methyl sites for hydroxylation is 1. The fourth-order valence-corrected chi connectivity index (χ4v) is 4.08. The average molecular weight is 337 g/mol. The molecule has 3 rings (SSSR count). The second-order valence-electron chi connectivity index (χ2n) is 6.83. The highest BCUT2D eigenvalue weighted by Gasteiger charge is 2.36. The molecule has 0 aromatic heterocycles. The first-order valence-corrected chi connectivity index (χ1v) is 8.88. The summed E-state index contributed by atoms with van der Waals surface area (Å²) >= 11 is 6.29. The van der Waals surface area contributed by atoms with Gasteiger partial charge in [0, 0.05) is 30.2 Å². The molecule has 1 saturated heterocycles. The Morgan fingerprint density at radius 2 is 2.22 bits per heavy atom. The molecular formula is C18H25ClN2O2. The molecule has 1 unspecified atom stereocenters. The molecule has 1 heterocycles. The second-order valence-corrected chi connectivity index (χ2v) is 7.21. The topological polar surface area (TPSA) is 52.6 Å². The zero-order chi connectivity index (χ0) is 16.4. The van der Waals surface area contributed by atoms with Crippen molar-refractivity contribution in [3.05, 3.63) is 34.3 Å². The summed E-state index contributed by atoms with van der Waals surface area (Å²) in [4.78, 5) is 14.8. The van der Waals surface area contributed by atoms with Gasteiger partial charge in [-0.15, -0.1) is 0 Å². The van der Waals surface area contributed by atoms with E-state index in [0.29, 0.717) is 17.5 Å². The van der Waals surface area contributed by atoms with Crippen molar-refractivity contribution in [3.8, 4) is 0 Å². The van der Waals surface area contributed by atoms with Crippen LogP contribution in [0, 0.1) is 6.92 Å². The van der Waals surface area contributed by atoms with Gasteiger partial charge in [-0.05, 0) is 43.7 Å². The van der Waals surface area contributed by atoms with Crippen LogP contribution >= 0.6 is 11.6 Å². The lowest BCUT2D eigenvalue weighted by Crippen LogP contribution is -2.48. The third kappa shape index (κ3) is 3.87. The lowest BCUT2D eigenvalue weighted by Gasteiger charge is -2.29. The third-order valence-electron chi connectivity index (χ3n) is 5.11. The maximum Gasteiger partial charge on any atom is 0.224 e. The normalized spacial score (nSPS) is 28.2. The first kappa shape index (κ1) is 16.7. The van der Waals surface area contributed by atoms with Crippen LogP contribution in [-0.2, 0) is 11.2 Å². The molecule has 1 aliphatic heterocycles. The van der Waals surface area contributed by atoms with Crippen molar-refractivity contribution in [2.75, 3.05) is 13.1 Å². The molecule has 1 aliphatic carbocycles. The number of carbonyl (C=O) groups is 1. The van der Waals surface area contributed by atoms with Gasteiger partial charge in [-0.25, -0.2) is 0 Å². The maximum atomic E-state index is 12.4. The summed E-state index contributed by atoms with van der Waals surface area (Å²) in [7, 11) is 0. The van der Waals surface area contributed by atoms with Gasteiger partial charge in [-0.1, -0.05) is 29.8 Å². The number of β-amino-alcohol motifs (C(OH)–C–C–N with tert-alkyl or cyclic N) is 1. The summed E-state index contributed by atoms with van der Waals surface area (Å²) in [5.41, 5.74) is 1.89. The number of nitrogens with one attached hydrogen (secondary N) is 1. The highest BCUT2D eigenvalue weighted by Crippen LogP contribution is 2.28. The van der Waals surface area contributed by atoms with Crippen molar-refractivity contribution in [2.45, 2.75) is 57.2 Å². The Kier molecular flexibility index (Phi) is 5.24. The number of carbonyl (C=O) groups excluding carboxylic acids is 1. The Hall–Kier alpha value is -1.10. The minimum Gasteiger partial charge on any atom is -0.392 e. The van der Waals surface area contributed by atoms with E-state index in [9.17, 15) is 9.90 Å². The lowest BCUT2D eigenvalue weighted by atomic mass is 10.1. The smallest absolute Gasteiger partial charge is 0.224 e. The van der Waals surface area contributed by atoms with E-state index in [1.807, 2.05) is 25.1 Å². The fourth-order valence-electron chi connectivity index (χ4n) is 3.89. The number of amides is 1. The van der Waals surface area contributed by atoms with Gasteiger partial charge in [0.15, 0.2) is 0 Å². The summed E-state index contributed by atoms with van der Waals surface area (Å²) in [6.07, 6.45) is 4.21. The van der Waals surface area contributed by atoms with Gasteiger partial charge in [0.05, 0.1) is 12.5 Å². The minimum absolute atomic E-state index is 0.0362. The standard InChI is InChI=1S/C18H25ClN2O2/c1-12-4-2-5-13(18(12)19)10-17(23)20-15-6-3-7-16(15)21-9-8-14(22)11-21/h2,4-5,14-16,22H,3,6-11H2,1H3,(H,20,23)/t14?,15-,16+/m1/s1. The van der Waals surface area contributed by atoms with Crippen LogP contribution in [0.5, 0.6) is 0 Å². The largest absolute Gasteiger partial charge is 0.392 e. The van der Waals surface area contributed by atoms with Crippen LogP contribution in [0.3, 0.4) is 0 Å². The predicted molar refractivity (Wildman–Crippen MR) is 91.7 cm³/mol. The molecule has 0 radical (unpaired) electrons. The van der Waals surface area contributed by atoms with Crippen molar-refractivity contribution in [1.29, 1.82) is 0 Å². The van der Waals surface area contributed by atoms with E-state index in [1.165, 1.54) is 0 Å². The van der Waals surface area contributed by atoms with Gasteiger partial charge < -0.3 is 10.4 Å². The SMILES string of the molecule is Cc1cccc(CC(=O)N[C@@H]2CCC[C@@H]2N2CCC(O)C2)c1Cl. The molecule has 1 aromatic rings. The van der Waals surface area contributed by atoms with E-state index in [-0.39, 0.29) is 18.1 Å². The summed E-state index contributed by atoms with van der Waals surface area (Å²) in [5.74, 6) is 0.0362. The molecule has 2 aliphatic rings. The van der Waals surface area contributed by atoms with Crippen LogP contribution in [0.1, 0.15) is 36.8 Å². The number of hydrogen-bond acceptors (Lipinski definition) is 3. The number of likely N-dealkylation sites (tertiary alicyclic amines) is 1. The van der Waals surface area contributed by atoms with Gasteiger partial charge in [0.1, 0.15) is 0 Å². The van der Waals surface area contributed by atoms with Crippen LogP contribution in [0.25, 0.3) is 0 Å². The molecule has 23 heavy (non-hydrogen) atoms. The molecule has 1 aromatic carbocycles. The average Bonchev–Trinajstić information content (AvgIpc) is 3.12. The Morgan fingerprint density at radius 3 is 2.96 bits per heavy atom. The quantitative estimate of drug-likeness (QED) is 0.887. The number of halogens is 1. The van der Waals surface area contributed by atoms with Crippen molar-refractivity contribution >= 4 is 17.5 Å². The molecule has 0 bridgehead atoms. The van der Waals surface area contributed by atoms with E-state index < -0.39 is 0 Å². The molecule has 0 spiro atoms. The van der Waals surface area contributed by atoms with Gasteiger partial charge in [-0.3, -0.25) is 9.69 Å². The van der Waals surface area contributed by atoms with Crippen LogP contribution in [0.4, 0.5) is 0 Å². The van der Waals surface area contributed by atoms with Gasteiger partial charge in [0.25, 0.3) is 0 Å². The molecule has 126 valence electrons. The highest BCUT2D eigenvalue weighted by atomic mass is 35.5. The Labute approximate surface area is 142 Å². The van der Waals surface area contributed by atoms with Crippen LogP contribution in [-0.4, -0.2) is 47.2 Å². The minimum atomic E-state index is -0.210. The number of aliphatic hydroxyl groups excluding tert-OH is 1. The zero-order valence-corrected chi connectivity index (χ0v) is 14.4. The highest BCUT2D eigenvalue weighted by molar-refractivity contribution is 6.32. The Morgan fingerprint density at radius 1 is 1.39 bits per heavy atom. The van der Waals surface area contributed by atoms with Gasteiger partial charge >= 0.3 is 0 Å². The summed E-state index contributed by atoms with van der Waals surface area (Å²) in [5, 5.41) is 13.6. The predicted octanol–water partition coefficient (Wildman–Crippen LogP) is 2.29. The monoisotopic (exact) mass is 336 g/mol. The van der Waals surface area contributed by atoms with E-state index in [4.69, 9.17) is 11.6 Å². The number of nitrogens with zero attached hydrogens (tertiary/aromatic N) is 1. The van der Waals surface area contributed by atoms with Crippen LogP contribution in [0.15, 0.2) is 18.2 Å². The summed E-state index contributed by atoms with van der Waals surface area (Å²) in [6, 6.07) is 6.36. The van der Waals surface area contributed by atoms with Crippen molar-refractivity contribution in [3.63, 3.8) is 0 Å². The van der Waals surface area contributed by atoms with Crippen molar-refractivity contribution in [1.82, 2.24) is 10.2 Å². The number of aliphatic hydroxyl groups is 1. The Balaban J connectivity index is 1.59. The zero-order valence-electron chi connectivity index (χ0n) is 13.6. The van der Waals surface area contributed by atoms with Gasteiger partial charge in [0.2, 0.25) is 5.91 Å². The molecule has 3 atom stereocenters. The molecule has 1 saturated carbocycles. The van der Waals surface area contributed by atoms with E-state index in [1.54, 1.807) is 0 Å². The molecule has 2 N–H and O–H groups in total. The van der Waals surface area contributed by atoms with E-state index >= 15 is 0 Å². The molecule has 4 nitrogen and oxygen atoms in total. The molecular weight excluding hydrogens is 312 g/mol. The van der Waals surface area contributed by atoms with Crippen LogP contribution < -0.4 is 5.32 Å². The van der Waals surface area contributed by atoms with E-state index in [2.05, 4.69) is 10.2 Å². The number of rotatable bonds is 4. The third-order valence-corrected chi connectivity index (χ3v) is 5.65. The Bertz CT molecular complexity index is 578. The molecule has 1 amide bonds.